The molecule has 0 atom stereocenters. The molecule has 2 heterocycles. The van der Waals surface area contributed by atoms with Gasteiger partial charge in [-0.1, -0.05) is 249 Å². The molecular formula is C38H114Si20. The summed E-state index contributed by atoms with van der Waals surface area (Å²) in [7, 11) is -25.7. The maximum Gasteiger partial charge on any atom is 0.0308 e. The van der Waals surface area contributed by atoms with Crippen molar-refractivity contribution in [3.05, 3.63) is 0 Å². The van der Waals surface area contributed by atoms with Gasteiger partial charge >= 0.3 is 0 Å². The highest BCUT2D eigenvalue weighted by Gasteiger charge is 2.95. The van der Waals surface area contributed by atoms with Gasteiger partial charge < -0.3 is 0 Å². The van der Waals surface area contributed by atoms with E-state index < -0.39 is 141 Å². The fourth-order valence-corrected chi connectivity index (χ4v) is 1420. The van der Waals surface area contributed by atoms with Crippen LogP contribution in [0.15, 0.2) is 0 Å². The normalized spacial score (nSPS) is 28.4. The average molecular weight is 1130 g/mol. The lowest BCUT2D eigenvalue weighted by Gasteiger charge is -2.88. The van der Waals surface area contributed by atoms with Crippen LogP contribution < -0.4 is 0 Å². The minimum absolute atomic E-state index is 1.42. The zero-order valence-corrected chi connectivity index (χ0v) is 68.0. The van der Waals surface area contributed by atoms with E-state index in [9.17, 15) is 0 Å². The van der Waals surface area contributed by atoms with E-state index in [4.69, 9.17) is 0 Å². The maximum atomic E-state index is 3.43. The molecule has 0 aromatic heterocycles. The van der Waals surface area contributed by atoms with E-state index in [0.717, 1.165) is 0 Å². The third-order valence-electron chi connectivity index (χ3n) is 23.9. The van der Waals surface area contributed by atoms with Crippen LogP contribution in [0.5, 0.6) is 0 Å². The van der Waals surface area contributed by atoms with Crippen molar-refractivity contribution < 1.29 is 0 Å². The molecule has 58 heavy (non-hydrogen) atoms. The molecule has 0 aliphatic carbocycles. The molecule has 0 saturated carbocycles. The first-order valence-electron chi connectivity index (χ1n) is 24.2. The topological polar surface area (TPSA) is 0 Å². The first-order valence-corrected chi connectivity index (χ1v) is 104. The van der Waals surface area contributed by atoms with Gasteiger partial charge in [0.25, 0.3) is 0 Å². The van der Waals surface area contributed by atoms with E-state index in [2.05, 4.69) is 249 Å². The smallest absolute Gasteiger partial charge is 0.0308 e. The van der Waals surface area contributed by atoms with Crippen LogP contribution in [0.4, 0.5) is 0 Å². The Morgan fingerprint density at radius 1 is 0.155 bits per heavy atom. The van der Waals surface area contributed by atoms with Gasteiger partial charge in [0, 0.05) is 141 Å². The number of hydrogen-bond donors (Lipinski definition) is 0. The molecule has 0 aromatic rings. The summed E-state index contributed by atoms with van der Waals surface area (Å²) in [5.74, 6) is 0. The van der Waals surface area contributed by atoms with Crippen LogP contribution in [0.3, 0.4) is 0 Å². The van der Waals surface area contributed by atoms with Gasteiger partial charge in [-0.25, -0.2) is 0 Å². The fraction of sp³-hybridized carbons (Fsp3) is 1.00. The standard InChI is InChI=1S/C38H114Si20/c1-39(2,3)55(40(4,5)6)45(19,20)49(27,28)57(43(13,14)15,50(29,30)46(55,21)22)53(35,36)54(37,38)58(44(16,17)18)51(31,32)47(23,24)56(41(7,8)9,42(10,11)12)48(25,26)52(58,33)34/h1-38H3. The Balaban J connectivity index is 3.77. The molecule has 2 aliphatic rings. The molecule has 0 nitrogen and oxygen atoms in total. The maximum absolute atomic E-state index is 3.43. The molecule has 0 N–H and O–H groups in total. The second-order valence-corrected chi connectivity index (χ2v) is 287. The summed E-state index contributed by atoms with van der Waals surface area (Å²) in [6, 6.07) is 0. The Bertz CT molecular complexity index is 1400. The molecule has 2 saturated heterocycles. The van der Waals surface area contributed by atoms with Gasteiger partial charge in [0.05, 0.1) is 0 Å². The van der Waals surface area contributed by atoms with Crippen LogP contribution >= 0.6 is 0 Å². The molecule has 20 heteroatoms. The van der Waals surface area contributed by atoms with Gasteiger partial charge in [-0.2, -0.15) is 0 Å². The summed E-state index contributed by atoms with van der Waals surface area (Å²) in [5, 5.41) is 0. The zero-order chi connectivity index (χ0) is 48.0. The third kappa shape index (κ3) is 5.68. The monoisotopic (exact) mass is 1130 g/mol. The van der Waals surface area contributed by atoms with E-state index in [-0.39, 0.29) is 0 Å². The van der Waals surface area contributed by atoms with E-state index in [0.29, 0.717) is 0 Å². The minimum Gasteiger partial charge on any atom is -0.0739 e. The third-order valence-corrected chi connectivity index (χ3v) is 674. The highest BCUT2D eigenvalue weighted by Crippen LogP contribution is 2.66. The van der Waals surface area contributed by atoms with Crippen molar-refractivity contribution in [3.63, 3.8) is 0 Å². The molecule has 0 radical (unpaired) electrons. The zero-order valence-electron chi connectivity index (χ0n) is 48.0. The summed E-state index contributed by atoms with van der Waals surface area (Å²) >= 11 is 0. The minimum atomic E-state index is -1.82. The van der Waals surface area contributed by atoms with Crippen LogP contribution in [0.2, 0.25) is 249 Å². The quantitative estimate of drug-likeness (QED) is 0.202. The fourth-order valence-electron chi connectivity index (χ4n) is 26.3. The van der Waals surface area contributed by atoms with Gasteiger partial charge in [0.15, 0.2) is 0 Å². The van der Waals surface area contributed by atoms with E-state index in [1.807, 2.05) is 0 Å². The molecule has 0 aromatic carbocycles. The summed E-state index contributed by atoms with van der Waals surface area (Å²) in [4.78, 5) is 0. The average Bonchev–Trinajstić information content (AvgIpc) is 2.80. The SMILES string of the molecule is C[Si](C)(C)[Si]1([Si](C)(C)C)[Si](C)(C)[Si](C)(C)[Si]([Si](C)(C)C)([Si](C)(C)[Si](C)(C)[Si]2([Si](C)(C)C)[Si](C)(C)[Si](C)(C)[Si]([Si](C)(C)C)([Si](C)(C)C)[Si](C)(C)[Si]2(C)C)[Si](C)(C)[Si]1(C)C. The van der Waals surface area contributed by atoms with Gasteiger partial charge in [0.2, 0.25) is 0 Å². The second-order valence-electron chi connectivity index (χ2n) is 32.8. The molecule has 0 spiro atoms. The Kier molecular flexibility index (Phi) is 14.6. The lowest BCUT2D eigenvalue weighted by Crippen LogP contribution is -3.20. The van der Waals surface area contributed by atoms with Crippen molar-refractivity contribution in [2.75, 3.05) is 0 Å². The second kappa shape index (κ2) is 14.4. The highest BCUT2D eigenvalue weighted by molar-refractivity contribution is 8.43. The van der Waals surface area contributed by atoms with E-state index in [1.54, 1.807) is 0 Å². The van der Waals surface area contributed by atoms with Crippen LogP contribution in [-0.4, -0.2) is 141 Å². The molecule has 0 unspecified atom stereocenters. The van der Waals surface area contributed by atoms with Gasteiger partial charge in [-0.3, -0.25) is 0 Å². The first kappa shape index (κ1) is 58.5. The van der Waals surface area contributed by atoms with Crippen LogP contribution in [-0.2, 0) is 0 Å². The predicted molar refractivity (Wildman–Crippen MR) is 338 cm³/mol. The lowest BCUT2D eigenvalue weighted by molar-refractivity contribution is 1.71. The molecule has 0 bridgehead atoms. The summed E-state index contributed by atoms with van der Waals surface area (Å²) < 4.78 is 0. The van der Waals surface area contributed by atoms with Crippen molar-refractivity contribution in [1.29, 1.82) is 0 Å². The van der Waals surface area contributed by atoms with Crippen molar-refractivity contribution in [2.24, 2.45) is 0 Å². The predicted octanol–water partition coefficient (Wildman–Crippen LogP) is 14.6. The van der Waals surface area contributed by atoms with Crippen molar-refractivity contribution >= 4 is 141 Å². The molecule has 2 rings (SSSR count). The van der Waals surface area contributed by atoms with E-state index >= 15 is 0 Å². The van der Waals surface area contributed by atoms with E-state index in [1.165, 1.54) is 0 Å². The first-order chi connectivity index (χ1) is 24.2. The Labute approximate surface area is 385 Å². The van der Waals surface area contributed by atoms with Crippen LogP contribution in [0.25, 0.3) is 0 Å². The number of hydrogen-bond acceptors (Lipinski definition) is 0. The van der Waals surface area contributed by atoms with Gasteiger partial charge in [-0.05, 0) is 0 Å². The van der Waals surface area contributed by atoms with Crippen molar-refractivity contribution in [1.82, 2.24) is 0 Å². The van der Waals surface area contributed by atoms with Crippen LogP contribution in [0, 0.1) is 0 Å². The van der Waals surface area contributed by atoms with Gasteiger partial charge in [0.1, 0.15) is 0 Å². The van der Waals surface area contributed by atoms with Crippen molar-refractivity contribution in [2.45, 2.75) is 249 Å². The number of rotatable bonds is 9. The van der Waals surface area contributed by atoms with Crippen LogP contribution in [0.1, 0.15) is 0 Å². The largest absolute Gasteiger partial charge is 0.0739 e. The van der Waals surface area contributed by atoms with Crippen molar-refractivity contribution in [3.8, 4) is 0 Å². The van der Waals surface area contributed by atoms with Gasteiger partial charge in [-0.15, -0.1) is 0 Å². The molecule has 2 aliphatic heterocycles. The lowest BCUT2D eigenvalue weighted by atomic mass is 11.8. The highest BCUT2D eigenvalue weighted by atomic mass is 30.6. The summed E-state index contributed by atoms with van der Waals surface area (Å²) in [5.41, 5.74) is 0. The molecular weight excluding hydrogens is 1020 g/mol. The Morgan fingerprint density at radius 3 is 0.328 bits per heavy atom. The Morgan fingerprint density at radius 2 is 0.241 bits per heavy atom. The molecule has 346 valence electrons. The Hall–Kier alpha value is 4.34. The summed E-state index contributed by atoms with van der Waals surface area (Å²) in [6.07, 6.45) is -6.62. The molecule has 2 fully saturated rings. The molecule has 0 amide bonds. The summed E-state index contributed by atoms with van der Waals surface area (Å²) in [6.45, 7) is 122.